The Balaban J connectivity index is 2.13. The highest BCUT2D eigenvalue weighted by atomic mass is 32.2. The molecule has 0 radical (unpaired) electrons. The van der Waals surface area contributed by atoms with Crippen molar-refractivity contribution < 1.29 is 4.39 Å². The van der Waals surface area contributed by atoms with Gasteiger partial charge in [-0.3, -0.25) is 5.10 Å². The van der Waals surface area contributed by atoms with Crippen molar-refractivity contribution in [2.75, 3.05) is 0 Å². The minimum Gasteiger partial charge on any atom is -0.258 e. The summed E-state index contributed by atoms with van der Waals surface area (Å²) in [5.74, 6) is 0.200. The van der Waals surface area contributed by atoms with Crippen molar-refractivity contribution in [2.45, 2.75) is 37.1 Å². The number of aromatic amines is 1. The van der Waals surface area contributed by atoms with E-state index < -0.39 is 0 Å². The lowest BCUT2D eigenvalue weighted by molar-refractivity contribution is 0.630. The smallest absolute Gasteiger partial charge is 0.209 e. The van der Waals surface area contributed by atoms with E-state index in [1.165, 1.54) is 6.07 Å². The lowest BCUT2D eigenvalue weighted by Crippen LogP contribution is -1.95. The average Bonchev–Trinajstić information content (AvgIpc) is 2.78. The van der Waals surface area contributed by atoms with E-state index in [-0.39, 0.29) is 5.82 Å². The summed E-state index contributed by atoms with van der Waals surface area (Å²) in [4.78, 5) is 4.32. The zero-order valence-corrected chi connectivity index (χ0v) is 11.3. The van der Waals surface area contributed by atoms with Crippen molar-refractivity contribution in [1.29, 1.82) is 0 Å². The van der Waals surface area contributed by atoms with Crippen molar-refractivity contribution >= 4 is 11.8 Å². The Hall–Kier alpha value is -1.36. The van der Waals surface area contributed by atoms with Crippen LogP contribution in [0.2, 0.25) is 0 Å². The second-order valence-electron chi connectivity index (χ2n) is 4.16. The summed E-state index contributed by atoms with van der Waals surface area (Å²) in [7, 11) is 0. The molecule has 1 aromatic carbocycles. The van der Waals surface area contributed by atoms with Crippen LogP contribution in [0.3, 0.4) is 0 Å². The molecule has 1 aromatic heterocycles. The van der Waals surface area contributed by atoms with Crippen molar-refractivity contribution in [1.82, 2.24) is 15.2 Å². The second kappa shape index (κ2) is 6.00. The highest BCUT2D eigenvalue weighted by Crippen LogP contribution is 2.25. The molecule has 0 fully saturated rings. The monoisotopic (exact) mass is 265 g/mol. The van der Waals surface area contributed by atoms with E-state index in [4.69, 9.17) is 0 Å². The van der Waals surface area contributed by atoms with Crippen molar-refractivity contribution in [2.24, 2.45) is 0 Å². The number of rotatable bonds is 5. The lowest BCUT2D eigenvalue weighted by Gasteiger charge is -2.04. The van der Waals surface area contributed by atoms with E-state index in [0.717, 1.165) is 12.8 Å². The number of hydrogen-bond donors (Lipinski definition) is 1. The summed E-state index contributed by atoms with van der Waals surface area (Å²) in [6.07, 6.45) is 2.26. The third kappa shape index (κ3) is 3.10. The van der Waals surface area contributed by atoms with Gasteiger partial charge in [0, 0.05) is 5.25 Å². The molecule has 0 spiro atoms. The minimum absolute atomic E-state index is 0.285. The van der Waals surface area contributed by atoms with Gasteiger partial charge in [0.15, 0.2) is 5.82 Å². The molecule has 0 aliphatic rings. The van der Waals surface area contributed by atoms with Crippen LogP contribution in [0.4, 0.5) is 4.39 Å². The van der Waals surface area contributed by atoms with Crippen molar-refractivity contribution in [3.05, 3.63) is 30.1 Å². The van der Waals surface area contributed by atoms with Gasteiger partial charge in [0.1, 0.15) is 5.82 Å². The van der Waals surface area contributed by atoms with Gasteiger partial charge in [0.25, 0.3) is 0 Å². The normalized spacial score (nSPS) is 12.6. The molecule has 0 saturated heterocycles. The summed E-state index contributed by atoms with van der Waals surface area (Å²) in [6.45, 7) is 4.30. The predicted octanol–water partition coefficient (Wildman–Crippen LogP) is 3.89. The number of nitrogens with zero attached hydrogens (tertiary/aromatic N) is 2. The van der Waals surface area contributed by atoms with Crippen molar-refractivity contribution in [3.8, 4) is 11.4 Å². The van der Waals surface area contributed by atoms with E-state index in [1.807, 2.05) is 0 Å². The number of thioether (sulfide) groups is 1. The van der Waals surface area contributed by atoms with Gasteiger partial charge >= 0.3 is 0 Å². The Kier molecular flexibility index (Phi) is 4.36. The molecule has 96 valence electrons. The number of H-pyrrole nitrogens is 1. The number of benzene rings is 1. The molecular formula is C13H16FN3S. The molecule has 1 atom stereocenters. The van der Waals surface area contributed by atoms with Crippen LogP contribution >= 0.6 is 11.8 Å². The summed E-state index contributed by atoms with van der Waals surface area (Å²) >= 11 is 1.61. The standard InChI is InChI=1S/C13H16FN3S/c1-3-6-9(2)18-13-15-12(16-17-13)10-7-4-5-8-11(10)14/h4-5,7-9H,3,6H2,1-2H3,(H,15,16,17)/t9-/m0/s1. The van der Waals surface area contributed by atoms with Gasteiger partial charge < -0.3 is 0 Å². The third-order valence-corrected chi connectivity index (χ3v) is 3.63. The Labute approximate surface area is 110 Å². The third-order valence-electron chi connectivity index (χ3n) is 2.60. The molecule has 3 nitrogen and oxygen atoms in total. The maximum Gasteiger partial charge on any atom is 0.209 e. The summed E-state index contributed by atoms with van der Waals surface area (Å²) < 4.78 is 13.6. The van der Waals surface area contributed by atoms with Crippen LogP contribution in [0.5, 0.6) is 0 Å². The molecule has 0 aliphatic carbocycles. The van der Waals surface area contributed by atoms with Crippen LogP contribution in [0.15, 0.2) is 29.4 Å². The van der Waals surface area contributed by atoms with Gasteiger partial charge in [-0.2, -0.15) is 0 Å². The molecule has 0 amide bonds. The molecule has 1 N–H and O–H groups in total. The van der Waals surface area contributed by atoms with Crippen LogP contribution in [-0.2, 0) is 0 Å². The zero-order chi connectivity index (χ0) is 13.0. The number of halogens is 1. The highest BCUT2D eigenvalue weighted by Gasteiger charge is 2.12. The van der Waals surface area contributed by atoms with E-state index in [2.05, 4.69) is 29.0 Å². The first-order valence-corrected chi connectivity index (χ1v) is 6.92. The minimum atomic E-state index is -0.285. The van der Waals surface area contributed by atoms with Crippen molar-refractivity contribution in [3.63, 3.8) is 0 Å². The van der Waals surface area contributed by atoms with Gasteiger partial charge in [-0.25, -0.2) is 9.37 Å². The van der Waals surface area contributed by atoms with Gasteiger partial charge in [-0.05, 0) is 18.6 Å². The van der Waals surface area contributed by atoms with Gasteiger partial charge in [0.2, 0.25) is 5.16 Å². The molecule has 2 aromatic rings. The summed E-state index contributed by atoms with van der Waals surface area (Å²) in [5, 5.41) is 8.05. The van der Waals surface area contributed by atoms with Crippen LogP contribution in [0.1, 0.15) is 26.7 Å². The van der Waals surface area contributed by atoms with E-state index in [0.29, 0.717) is 21.8 Å². The Morgan fingerprint density at radius 1 is 1.39 bits per heavy atom. The Morgan fingerprint density at radius 2 is 2.17 bits per heavy atom. The fraction of sp³-hybridized carbons (Fsp3) is 0.385. The second-order valence-corrected chi connectivity index (χ2v) is 5.57. The molecule has 0 aliphatic heterocycles. The largest absolute Gasteiger partial charge is 0.258 e. The quantitative estimate of drug-likeness (QED) is 0.834. The van der Waals surface area contributed by atoms with E-state index >= 15 is 0 Å². The fourth-order valence-electron chi connectivity index (χ4n) is 1.72. The topological polar surface area (TPSA) is 41.6 Å². The van der Waals surface area contributed by atoms with Crippen LogP contribution in [0.25, 0.3) is 11.4 Å². The highest BCUT2D eigenvalue weighted by molar-refractivity contribution is 7.99. The zero-order valence-electron chi connectivity index (χ0n) is 10.5. The lowest BCUT2D eigenvalue weighted by atomic mass is 10.2. The SMILES string of the molecule is CCC[C@H](C)Sc1n[nH]c(-c2ccccc2F)n1. The molecule has 18 heavy (non-hydrogen) atoms. The number of hydrogen-bond acceptors (Lipinski definition) is 3. The molecule has 5 heteroatoms. The van der Waals surface area contributed by atoms with Gasteiger partial charge in [-0.15, -0.1) is 5.10 Å². The van der Waals surface area contributed by atoms with Crippen LogP contribution < -0.4 is 0 Å². The molecule has 0 saturated carbocycles. The fourth-order valence-corrected chi connectivity index (χ4v) is 2.67. The number of nitrogens with one attached hydrogen (secondary N) is 1. The molecule has 2 rings (SSSR count). The Bertz CT molecular complexity index is 512. The maximum absolute atomic E-state index is 13.6. The van der Waals surface area contributed by atoms with Crippen LogP contribution in [-0.4, -0.2) is 20.4 Å². The van der Waals surface area contributed by atoms with Crippen LogP contribution in [0, 0.1) is 5.82 Å². The first kappa shape index (κ1) is 13.1. The van der Waals surface area contributed by atoms with Gasteiger partial charge in [-0.1, -0.05) is 44.2 Å². The predicted molar refractivity (Wildman–Crippen MR) is 72.0 cm³/mol. The maximum atomic E-state index is 13.6. The summed E-state index contributed by atoms with van der Waals surface area (Å²) in [6, 6.07) is 6.56. The molecule has 0 bridgehead atoms. The van der Waals surface area contributed by atoms with Gasteiger partial charge in [0.05, 0.1) is 5.56 Å². The first-order chi connectivity index (χ1) is 8.70. The molecular weight excluding hydrogens is 249 g/mol. The molecule has 0 unspecified atom stereocenters. The molecule has 1 heterocycles. The van der Waals surface area contributed by atoms with E-state index in [9.17, 15) is 4.39 Å². The first-order valence-electron chi connectivity index (χ1n) is 6.04. The average molecular weight is 265 g/mol. The van der Waals surface area contributed by atoms with E-state index in [1.54, 1.807) is 30.0 Å². The Morgan fingerprint density at radius 3 is 2.89 bits per heavy atom. The number of aromatic nitrogens is 3. The summed E-state index contributed by atoms with van der Waals surface area (Å²) in [5.41, 5.74) is 0.458.